The van der Waals surface area contributed by atoms with Gasteiger partial charge in [0.25, 0.3) is 0 Å². The van der Waals surface area contributed by atoms with Crippen molar-refractivity contribution in [2.75, 3.05) is 26.2 Å². The highest BCUT2D eigenvalue weighted by Crippen LogP contribution is 2.26. The third-order valence-electron chi connectivity index (χ3n) is 5.67. The molecule has 0 spiro atoms. The number of hydrogen-bond acceptors (Lipinski definition) is 5. The number of hydrogen-bond donors (Lipinski definition) is 0. The highest BCUT2D eigenvalue weighted by Gasteiger charge is 2.28. The van der Waals surface area contributed by atoms with E-state index in [0.29, 0.717) is 30.9 Å². The van der Waals surface area contributed by atoms with Crippen LogP contribution in [0.15, 0.2) is 18.2 Å². The maximum atomic E-state index is 12.3. The summed E-state index contributed by atoms with van der Waals surface area (Å²) in [5, 5.41) is 10.6. The van der Waals surface area contributed by atoms with Gasteiger partial charge in [0.15, 0.2) is 0 Å². The Balaban J connectivity index is 1.71. The summed E-state index contributed by atoms with van der Waals surface area (Å²) in [5.74, 6) is 0. The van der Waals surface area contributed by atoms with Crippen molar-refractivity contribution in [3.8, 4) is 6.07 Å². The number of nitriles is 1. The Bertz CT molecular complexity index is 989. The molecule has 1 fully saturated rings. The van der Waals surface area contributed by atoms with Crippen molar-refractivity contribution < 1.29 is 14.3 Å². The van der Waals surface area contributed by atoms with E-state index in [2.05, 4.69) is 17.9 Å². The van der Waals surface area contributed by atoms with Gasteiger partial charge in [0, 0.05) is 55.2 Å². The van der Waals surface area contributed by atoms with Crippen LogP contribution in [0.25, 0.3) is 10.9 Å². The molecule has 2 aromatic rings. The quantitative estimate of drug-likeness (QED) is 0.720. The van der Waals surface area contributed by atoms with Crippen LogP contribution in [0, 0.1) is 18.3 Å². The molecule has 0 radical (unpaired) electrons. The first-order chi connectivity index (χ1) is 14.1. The molecule has 1 unspecified atom stereocenters. The average Bonchev–Trinajstić information content (AvgIpc) is 3.05. The molecular weight excluding hydrogens is 380 g/mol. The van der Waals surface area contributed by atoms with Crippen LogP contribution in [0.3, 0.4) is 0 Å². The number of ether oxygens (including phenoxy) is 1. The second-order valence-corrected chi connectivity index (χ2v) is 8.93. The smallest absolute Gasteiger partial charge is 0.410 e. The van der Waals surface area contributed by atoms with Crippen molar-refractivity contribution in [2.45, 2.75) is 52.8 Å². The standard InChI is InChI=1S/C23H30N4O3/c1-16(25-8-10-26(11-9-25)22(29)30-23(3,4)5)14-27-19(13-24)12-20-17(2)18(15-28)6-7-21(20)27/h6-7,12,15-16H,8-11,14H2,1-5H3. The minimum atomic E-state index is -0.494. The summed E-state index contributed by atoms with van der Waals surface area (Å²) in [6.45, 7) is 13.1. The third kappa shape index (κ3) is 4.49. The Morgan fingerprint density at radius 3 is 2.50 bits per heavy atom. The van der Waals surface area contributed by atoms with Crippen molar-refractivity contribution in [1.29, 1.82) is 5.26 Å². The summed E-state index contributed by atoms with van der Waals surface area (Å²) >= 11 is 0. The van der Waals surface area contributed by atoms with Gasteiger partial charge in [-0.2, -0.15) is 5.26 Å². The number of fused-ring (bicyclic) bond motifs is 1. The topological polar surface area (TPSA) is 78.6 Å². The Morgan fingerprint density at radius 1 is 1.27 bits per heavy atom. The van der Waals surface area contributed by atoms with E-state index in [9.17, 15) is 14.9 Å². The summed E-state index contributed by atoms with van der Waals surface area (Å²) in [6, 6.07) is 8.08. The number of aromatic nitrogens is 1. The van der Waals surface area contributed by atoms with E-state index in [1.54, 1.807) is 4.90 Å². The van der Waals surface area contributed by atoms with Crippen LogP contribution in [0.2, 0.25) is 0 Å². The Labute approximate surface area is 177 Å². The van der Waals surface area contributed by atoms with Crippen LogP contribution in [0.5, 0.6) is 0 Å². The molecule has 160 valence electrons. The molecule has 1 saturated heterocycles. The molecule has 7 nitrogen and oxygen atoms in total. The van der Waals surface area contributed by atoms with Gasteiger partial charge in [0.05, 0.1) is 0 Å². The summed E-state index contributed by atoms with van der Waals surface area (Å²) in [6.07, 6.45) is 0.588. The number of benzene rings is 1. The maximum absolute atomic E-state index is 12.3. The number of nitrogens with zero attached hydrogens (tertiary/aromatic N) is 4. The SMILES string of the molecule is Cc1c(C=O)ccc2c1cc(C#N)n2CC(C)N1CCN(C(=O)OC(C)(C)C)CC1. The molecule has 7 heteroatoms. The Kier molecular flexibility index (Phi) is 6.18. The molecule has 2 heterocycles. The van der Waals surface area contributed by atoms with Crippen LogP contribution < -0.4 is 0 Å². The highest BCUT2D eigenvalue weighted by molar-refractivity contribution is 5.92. The normalized spacial score (nSPS) is 16.3. The van der Waals surface area contributed by atoms with Crippen LogP contribution in [-0.2, 0) is 11.3 Å². The average molecular weight is 411 g/mol. The van der Waals surface area contributed by atoms with Crippen molar-refractivity contribution in [1.82, 2.24) is 14.4 Å². The number of aldehydes is 1. The lowest BCUT2D eigenvalue weighted by Gasteiger charge is -2.38. The van der Waals surface area contributed by atoms with Gasteiger partial charge in [-0.3, -0.25) is 9.69 Å². The van der Waals surface area contributed by atoms with E-state index in [-0.39, 0.29) is 12.1 Å². The van der Waals surface area contributed by atoms with E-state index in [1.807, 2.05) is 50.5 Å². The monoisotopic (exact) mass is 410 g/mol. The molecule has 1 atom stereocenters. The van der Waals surface area contributed by atoms with Gasteiger partial charge >= 0.3 is 6.09 Å². The highest BCUT2D eigenvalue weighted by atomic mass is 16.6. The number of rotatable bonds is 4. The first kappa shape index (κ1) is 21.8. The molecule has 0 N–H and O–H groups in total. The number of amides is 1. The number of carbonyl (C=O) groups is 2. The Hall–Kier alpha value is -2.85. The first-order valence-corrected chi connectivity index (χ1v) is 10.3. The molecular formula is C23H30N4O3. The predicted octanol–water partition coefficient (Wildman–Crippen LogP) is 3.58. The fraction of sp³-hybridized carbons (Fsp3) is 0.522. The van der Waals surface area contributed by atoms with Crippen molar-refractivity contribution >= 4 is 23.3 Å². The number of carbonyl (C=O) groups excluding carboxylic acids is 2. The van der Waals surface area contributed by atoms with Crippen LogP contribution in [0.4, 0.5) is 4.79 Å². The first-order valence-electron chi connectivity index (χ1n) is 10.3. The van der Waals surface area contributed by atoms with Crippen molar-refractivity contribution in [2.24, 2.45) is 0 Å². The Morgan fingerprint density at radius 2 is 1.93 bits per heavy atom. The lowest BCUT2D eigenvalue weighted by molar-refractivity contribution is 0.0104. The minimum absolute atomic E-state index is 0.194. The summed E-state index contributed by atoms with van der Waals surface area (Å²) in [4.78, 5) is 27.6. The molecule has 3 rings (SSSR count). The van der Waals surface area contributed by atoms with Crippen LogP contribution in [-0.4, -0.2) is 64.6 Å². The lowest BCUT2D eigenvalue weighted by atomic mass is 10.1. The molecule has 1 aromatic carbocycles. The summed E-state index contributed by atoms with van der Waals surface area (Å²) < 4.78 is 7.50. The van der Waals surface area contributed by atoms with E-state index in [1.165, 1.54) is 0 Å². The molecule has 0 bridgehead atoms. The van der Waals surface area contributed by atoms with E-state index in [0.717, 1.165) is 35.8 Å². The van der Waals surface area contributed by atoms with Gasteiger partial charge in [0.2, 0.25) is 0 Å². The number of piperazine rings is 1. The number of aryl methyl sites for hydroxylation is 1. The van der Waals surface area contributed by atoms with Gasteiger partial charge < -0.3 is 14.2 Å². The fourth-order valence-corrected chi connectivity index (χ4v) is 3.96. The minimum Gasteiger partial charge on any atom is -0.444 e. The van der Waals surface area contributed by atoms with E-state index < -0.39 is 5.60 Å². The van der Waals surface area contributed by atoms with E-state index >= 15 is 0 Å². The summed E-state index contributed by atoms with van der Waals surface area (Å²) in [7, 11) is 0. The van der Waals surface area contributed by atoms with Gasteiger partial charge in [0.1, 0.15) is 23.7 Å². The second-order valence-electron chi connectivity index (χ2n) is 8.93. The molecule has 1 aliphatic rings. The van der Waals surface area contributed by atoms with Crippen molar-refractivity contribution in [3.63, 3.8) is 0 Å². The van der Waals surface area contributed by atoms with Crippen LogP contribution in [0.1, 0.15) is 49.3 Å². The largest absolute Gasteiger partial charge is 0.444 e. The predicted molar refractivity (Wildman–Crippen MR) is 116 cm³/mol. The van der Waals surface area contributed by atoms with Gasteiger partial charge in [-0.15, -0.1) is 0 Å². The van der Waals surface area contributed by atoms with Gasteiger partial charge in [-0.05, 0) is 58.4 Å². The van der Waals surface area contributed by atoms with Crippen molar-refractivity contribution in [3.05, 3.63) is 35.0 Å². The molecule has 1 aliphatic heterocycles. The molecule has 0 aliphatic carbocycles. The molecule has 1 amide bonds. The molecule has 0 saturated carbocycles. The van der Waals surface area contributed by atoms with Gasteiger partial charge in [-0.25, -0.2) is 4.79 Å². The van der Waals surface area contributed by atoms with Crippen LogP contribution >= 0.6 is 0 Å². The summed E-state index contributed by atoms with van der Waals surface area (Å²) in [5.41, 5.74) is 2.61. The fourth-order valence-electron chi connectivity index (χ4n) is 3.96. The molecule has 30 heavy (non-hydrogen) atoms. The zero-order chi connectivity index (χ0) is 22.1. The van der Waals surface area contributed by atoms with E-state index in [4.69, 9.17) is 4.74 Å². The second kappa shape index (κ2) is 8.49. The molecule has 1 aromatic heterocycles. The van der Waals surface area contributed by atoms with Gasteiger partial charge in [-0.1, -0.05) is 0 Å². The third-order valence-corrected chi connectivity index (χ3v) is 5.67. The zero-order valence-electron chi connectivity index (χ0n) is 18.4. The zero-order valence-corrected chi connectivity index (χ0v) is 18.4. The maximum Gasteiger partial charge on any atom is 0.410 e. The lowest BCUT2D eigenvalue weighted by Crippen LogP contribution is -2.53.